The highest BCUT2D eigenvalue weighted by Crippen LogP contribution is 2.22. The molecule has 0 unspecified atom stereocenters. The number of para-hydroxylation sites is 1. The number of carbonyl (C=O) groups excluding carboxylic acids is 1. The maximum absolute atomic E-state index is 11.8. The molecule has 6 heteroatoms. The minimum absolute atomic E-state index is 0.143. The lowest BCUT2D eigenvalue weighted by Crippen LogP contribution is -2.46. The Kier molecular flexibility index (Phi) is 5.27. The summed E-state index contributed by atoms with van der Waals surface area (Å²) >= 11 is 0. The number of ether oxygens (including phenoxy) is 1. The van der Waals surface area contributed by atoms with Crippen LogP contribution in [0.25, 0.3) is 0 Å². The topological polar surface area (TPSA) is 72.7 Å². The lowest BCUT2D eigenvalue weighted by Gasteiger charge is -2.33. The summed E-state index contributed by atoms with van der Waals surface area (Å²) in [7, 11) is 1.40. The molecule has 1 aromatic carbocycles. The van der Waals surface area contributed by atoms with Crippen molar-refractivity contribution in [1.29, 1.82) is 0 Å². The van der Waals surface area contributed by atoms with Crippen molar-refractivity contribution < 1.29 is 14.5 Å². The molecule has 21 heavy (non-hydrogen) atoms. The van der Waals surface area contributed by atoms with Crippen LogP contribution < -0.4 is 0 Å². The third kappa shape index (κ3) is 3.78. The Balaban J connectivity index is 2.04. The van der Waals surface area contributed by atoms with Crippen LogP contribution in [0, 0.1) is 10.1 Å². The van der Waals surface area contributed by atoms with Crippen molar-refractivity contribution in [1.82, 2.24) is 4.90 Å². The third-order valence-corrected chi connectivity index (χ3v) is 3.94. The van der Waals surface area contributed by atoms with Crippen LogP contribution in [-0.4, -0.2) is 42.0 Å². The van der Waals surface area contributed by atoms with E-state index >= 15 is 0 Å². The van der Waals surface area contributed by atoms with Crippen molar-refractivity contribution in [3.8, 4) is 0 Å². The number of piperidine rings is 1. The first-order chi connectivity index (χ1) is 10.1. The summed E-state index contributed by atoms with van der Waals surface area (Å²) in [6, 6.07) is 6.54. The van der Waals surface area contributed by atoms with E-state index in [1.165, 1.54) is 13.2 Å². The van der Waals surface area contributed by atoms with Crippen molar-refractivity contribution in [2.24, 2.45) is 0 Å². The molecule has 0 aliphatic carbocycles. The molecule has 0 N–H and O–H groups in total. The van der Waals surface area contributed by atoms with Gasteiger partial charge in [-0.25, -0.2) is 0 Å². The van der Waals surface area contributed by atoms with Crippen LogP contribution in [-0.2, 0) is 16.0 Å². The normalized spacial score (nSPS) is 19.2. The molecule has 1 aromatic rings. The summed E-state index contributed by atoms with van der Waals surface area (Å²) in [4.78, 5) is 24.5. The largest absolute Gasteiger partial charge is 0.468 e. The highest BCUT2D eigenvalue weighted by Gasteiger charge is 2.29. The molecule has 0 spiro atoms. The molecule has 0 aromatic heterocycles. The highest BCUT2D eigenvalue weighted by atomic mass is 16.6. The van der Waals surface area contributed by atoms with Crippen LogP contribution in [0.2, 0.25) is 0 Å². The second-order valence-corrected chi connectivity index (χ2v) is 5.21. The lowest BCUT2D eigenvalue weighted by molar-refractivity contribution is -0.385. The van der Waals surface area contributed by atoms with Gasteiger partial charge in [-0.2, -0.15) is 0 Å². The number of carbonyl (C=O) groups is 1. The van der Waals surface area contributed by atoms with E-state index in [2.05, 4.69) is 4.90 Å². The standard InChI is InChI=1S/C15H20N2O4/c1-21-15(18)14-8-4-5-10-16(14)11-9-12-6-2-3-7-13(12)17(19)20/h2-3,6-7,14H,4-5,8-11H2,1H3/t14-/m1/s1. The smallest absolute Gasteiger partial charge is 0.323 e. The summed E-state index contributed by atoms with van der Waals surface area (Å²) in [6.45, 7) is 1.46. The van der Waals surface area contributed by atoms with E-state index in [4.69, 9.17) is 4.74 Å². The van der Waals surface area contributed by atoms with E-state index in [-0.39, 0.29) is 22.6 Å². The lowest BCUT2D eigenvalue weighted by atomic mass is 10.0. The second-order valence-electron chi connectivity index (χ2n) is 5.21. The summed E-state index contributed by atoms with van der Waals surface area (Å²) < 4.78 is 4.85. The van der Waals surface area contributed by atoms with Gasteiger partial charge < -0.3 is 4.74 Å². The number of methoxy groups -OCH3 is 1. The number of hydrogen-bond acceptors (Lipinski definition) is 5. The van der Waals surface area contributed by atoms with Gasteiger partial charge in [0.25, 0.3) is 5.69 Å². The first-order valence-corrected chi connectivity index (χ1v) is 7.17. The first-order valence-electron chi connectivity index (χ1n) is 7.17. The maximum atomic E-state index is 11.8. The maximum Gasteiger partial charge on any atom is 0.323 e. The van der Waals surface area contributed by atoms with Gasteiger partial charge in [0.1, 0.15) is 6.04 Å². The molecule has 6 nitrogen and oxygen atoms in total. The van der Waals surface area contributed by atoms with E-state index < -0.39 is 0 Å². The molecule has 1 heterocycles. The van der Waals surface area contributed by atoms with Gasteiger partial charge in [-0.3, -0.25) is 19.8 Å². The van der Waals surface area contributed by atoms with E-state index in [9.17, 15) is 14.9 Å². The highest BCUT2D eigenvalue weighted by molar-refractivity contribution is 5.75. The van der Waals surface area contributed by atoms with Gasteiger partial charge in [0, 0.05) is 18.2 Å². The molecule has 1 fully saturated rings. The number of esters is 1. The number of nitrogens with zero attached hydrogens (tertiary/aromatic N) is 2. The van der Waals surface area contributed by atoms with Crippen molar-refractivity contribution >= 4 is 11.7 Å². The summed E-state index contributed by atoms with van der Waals surface area (Å²) in [6.07, 6.45) is 3.42. The fourth-order valence-electron chi connectivity index (χ4n) is 2.83. The minimum atomic E-state index is -0.358. The molecule has 1 aliphatic heterocycles. The molecule has 0 saturated carbocycles. The van der Waals surface area contributed by atoms with E-state index in [1.54, 1.807) is 18.2 Å². The average molecular weight is 292 g/mol. The Morgan fingerprint density at radius 2 is 2.19 bits per heavy atom. The molecule has 1 aliphatic rings. The number of nitro benzene ring substituents is 1. The summed E-state index contributed by atoms with van der Waals surface area (Å²) in [5, 5.41) is 11.0. The van der Waals surface area contributed by atoms with E-state index in [0.717, 1.165) is 25.8 Å². The van der Waals surface area contributed by atoms with Crippen molar-refractivity contribution in [2.75, 3.05) is 20.2 Å². The number of likely N-dealkylation sites (tertiary alicyclic amines) is 1. The Morgan fingerprint density at radius 3 is 2.90 bits per heavy atom. The average Bonchev–Trinajstić information content (AvgIpc) is 2.52. The SMILES string of the molecule is COC(=O)[C@H]1CCCCN1CCc1ccccc1[N+](=O)[O-]. The zero-order valence-corrected chi connectivity index (χ0v) is 12.2. The van der Waals surface area contributed by atoms with Gasteiger partial charge in [-0.1, -0.05) is 24.6 Å². The molecular formula is C15H20N2O4. The third-order valence-electron chi connectivity index (χ3n) is 3.94. The van der Waals surface area contributed by atoms with Gasteiger partial charge in [0.2, 0.25) is 0 Å². The molecule has 0 radical (unpaired) electrons. The van der Waals surface area contributed by atoms with Crippen LogP contribution in [0.15, 0.2) is 24.3 Å². The fraction of sp³-hybridized carbons (Fsp3) is 0.533. The van der Waals surface area contributed by atoms with Crippen molar-refractivity contribution in [3.05, 3.63) is 39.9 Å². The van der Waals surface area contributed by atoms with Crippen LogP contribution >= 0.6 is 0 Å². The second kappa shape index (κ2) is 7.17. The molecular weight excluding hydrogens is 272 g/mol. The predicted octanol–water partition coefficient (Wildman–Crippen LogP) is 2.16. The van der Waals surface area contributed by atoms with Crippen molar-refractivity contribution in [3.63, 3.8) is 0 Å². The summed E-state index contributed by atoms with van der Waals surface area (Å²) in [5.41, 5.74) is 0.848. The molecule has 0 amide bonds. The zero-order chi connectivity index (χ0) is 15.2. The molecule has 114 valence electrons. The van der Waals surface area contributed by atoms with E-state index in [0.29, 0.717) is 18.5 Å². The van der Waals surface area contributed by atoms with Gasteiger partial charge in [-0.05, 0) is 25.8 Å². The number of hydrogen-bond donors (Lipinski definition) is 0. The summed E-state index contributed by atoms with van der Waals surface area (Å²) in [5.74, 6) is -0.211. The monoisotopic (exact) mass is 292 g/mol. The molecule has 0 bridgehead atoms. The number of nitro groups is 1. The van der Waals surface area contributed by atoms with Crippen LogP contribution in [0.5, 0.6) is 0 Å². The minimum Gasteiger partial charge on any atom is -0.468 e. The Bertz CT molecular complexity index is 518. The Hall–Kier alpha value is -1.95. The fourth-order valence-corrected chi connectivity index (χ4v) is 2.83. The zero-order valence-electron chi connectivity index (χ0n) is 12.2. The van der Waals surface area contributed by atoms with Gasteiger partial charge in [0.15, 0.2) is 0 Å². The van der Waals surface area contributed by atoms with E-state index in [1.807, 2.05) is 0 Å². The Labute approximate surface area is 123 Å². The predicted molar refractivity (Wildman–Crippen MR) is 78.0 cm³/mol. The number of benzene rings is 1. The number of rotatable bonds is 5. The van der Waals surface area contributed by atoms with Crippen molar-refractivity contribution in [2.45, 2.75) is 31.7 Å². The molecule has 2 rings (SSSR count). The van der Waals surface area contributed by atoms with Gasteiger partial charge in [0.05, 0.1) is 12.0 Å². The molecule has 1 saturated heterocycles. The van der Waals surface area contributed by atoms with Crippen LogP contribution in [0.1, 0.15) is 24.8 Å². The van der Waals surface area contributed by atoms with Gasteiger partial charge >= 0.3 is 5.97 Å². The first kappa shape index (κ1) is 15.4. The quantitative estimate of drug-likeness (QED) is 0.472. The van der Waals surface area contributed by atoms with Crippen LogP contribution in [0.3, 0.4) is 0 Å². The van der Waals surface area contributed by atoms with Gasteiger partial charge in [-0.15, -0.1) is 0 Å². The van der Waals surface area contributed by atoms with Crippen LogP contribution in [0.4, 0.5) is 5.69 Å². The Morgan fingerprint density at radius 1 is 1.43 bits per heavy atom. The molecule has 1 atom stereocenters.